The maximum absolute atomic E-state index is 12.0. The quantitative estimate of drug-likeness (QED) is 0.469. The predicted octanol–water partition coefficient (Wildman–Crippen LogP) is 2.96. The van der Waals surface area contributed by atoms with Crippen molar-refractivity contribution in [1.82, 2.24) is 16.0 Å². The second-order valence-corrected chi connectivity index (χ2v) is 7.75. The standard InChI is InChI=1S/C21H25BrN4O/c1-23-20(25-14-19(27)24-13-16-6-3-2-4-7-16)26-15-21(10-11-21)17-8-5-9-18(22)12-17/h2-9,12H,10-11,13-15H2,1H3,(H,24,27)(H2,23,25,26). The number of guanidine groups is 1. The van der Waals surface area contributed by atoms with E-state index in [2.05, 4.69) is 55.1 Å². The zero-order valence-electron chi connectivity index (χ0n) is 15.5. The molecule has 0 atom stereocenters. The van der Waals surface area contributed by atoms with Crippen molar-refractivity contribution in [2.24, 2.45) is 4.99 Å². The highest BCUT2D eigenvalue weighted by Gasteiger charge is 2.44. The molecule has 6 heteroatoms. The van der Waals surface area contributed by atoms with Crippen LogP contribution in [0.4, 0.5) is 0 Å². The Balaban J connectivity index is 1.44. The molecule has 1 fully saturated rings. The molecule has 0 saturated heterocycles. The van der Waals surface area contributed by atoms with E-state index >= 15 is 0 Å². The van der Waals surface area contributed by atoms with E-state index in [0.29, 0.717) is 12.5 Å². The zero-order chi connectivity index (χ0) is 19.1. The normalized spacial score (nSPS) is 15.1. The number of nitrogens with one attached hydrogen (secondary N) is 3. The van der Waals surface area contributed by atoms with Crippen LogP contribution in [0, 0.1) is 0 Å². The molecule has 2 aromatic carbocycles. The summed E-state index contributed by atoms with van der Waals surface area (Å²) in [5.41, 5.74) is 2.58. The lowest BCUT2D eigenvalue weighted by Crippen LogP contribution is -2.45. The average molecular weight is 429 g/mol. The molecule has 1 aliphatic rings. The molecule has 0 radical (unpaired) electrons. The van der Waals surface area contributed by atoms with Gasteiger partial charge in [-0.25, -0.2) is 0 Å². The summed E-state index contributed by atoms with van der Waals surface area (Å²) >= 11 is 3.55. The summed E-state index contributed by atoms with van der Waals surface area (Å²) in [6.07, 6.45) is 2.32. The summed E-state index contributed by atoms with van der Waals surface area (Å²) in [6, 6.07) is 18.3. The number of benzene rings is 2. The third-order valence-electron chi connectivity index (χ3n) is 4.86. The highest BCUT2D eigenvalue weighted by atomic mass is 79.9. The van der Waals surface area contributed by atoms with Crippen LogP contribution >= 0.6 is 15.9 Å². The Labute approximate surface area is 168 Å². The van der Waals surface area contributed by atoms with Crippen LogP contribution in [0.25, 0.3) is 0 Å². The van der Waals surface area contributed by atoms with E-state index in [0.717, 1.165) is 29.4 Å². The van der Waals surface area contributed by atoms with E-state index < -0.39 is 0 Å². The topological polar surface area (TPSA) is 65.5 Å². The minimum atomic E-state index is -0.0603. The van der Waals surface area contributed by atoms with Crippen LogP contribution in [0.2, 0.25) is 0 Å². The summed E-state index contributed by atoms with van der Waals surface area (Å²) in [5.74, 6) is 0.584. The number of rotatable bonds is 7. The van der Waals surface area contributed by atoms with Crippen molar-refractivity contribution in [1.29, 1.82) is 0 Å². The van der Waals surface area contributed by atoms with Gasteiger partial charge in [-0.05, 0) is 36.1 Å². The number of carbonyl (C=O) groups excluding carboxylic acids is 1. The largest absolute Gasteiger partial charge is 0.356 e. The Morgan fingerprint density at radius 2 is 1.85 bits per heavy atom. The summed E-state index contributed by atoms with van der Waals surface area (Å²) in [5, 5.41) is 9.35. The van der Waals surface area contributed by atoms with Crippen molar-refractivity contribution >= 4 is 27.8 Å². The number of amides is 1. The lowest BCUT2D eigenvalue weighted by molar-refractivity contribution is -0.120. The van der Waals surface area contributed by atoms with Gasteiger partial charge in [0.1, 0.15) is 0 Å². The summed E-state index contributed by atoms with van der Waals surface area (Å²) in [4.78, 5) is 16.3. The van der Waals surface area contributed by atoms with Crippen LogP contribution < -0.4 is 16.0 Å². The lowest BCUT2D eigenvalue weighted by atomic mass is 9.96. The third-order valence-corrected chi connectivity index (χ3v) is 5.35. The summed E-state index contributed by atoms with van der Waals surface area (Å²) in [6.45, 7) is 1.52. The molecule has 0 bridgehead atoms. The zero-order valence-corrected chi connectivity index (χ0v) is 17.1. The van der Waals surface area contributed by atoms with E-state index in [4.69, 9.17) is 0 Å². The smallest absolute Gasteiger partial charge is 0.239 e. The molecular formula is C21H25BrN4O. The van der Waals surface area contributed by atoms with Gasteiger partial charge in [0, 0.05) is 30.0 Å². The van der Waals surface area contributed by atoms with Gasteiger partial charge < -0.3 is 16.0 Å². The maximum atomic E-state index is 12.0. The molecule has 1 saturated carbocycles. The Morgan fingerprint density at radius 1 is 1.07 bits per heavy atom. The number of aliphatic imine (C=N–C) groups is 1. The first kappa shape index (κ1) is 19.4. The second-order valence-electron chi connectivity index (χ2n) is 6.83. The molecule has 5 nitrogen and oxygen atoms in total. The van der Waals surface area contributed by atoms with Gasteiger partial charge in [0.05, 0.1) is 6.54 Å². The number of hydrogen-bond acceptors (Lipinski definition) is 2. The third kappa shape index (κ3) is 5.57. The molecule has 3 N–H and O–H groups in total. The van der Waals surface area contributed by atoms with Gasteiger partial charge in [0.25, 0.3) is 0 Å². The van der Waals surface area contributed by atoms with Gasteiger partial charge in [-0.3, -0.25) is 9.79 Å². The van der Waals surface area contributed by atoms with E-state index in [9.17, 15) is 4.79 Å². The summed E-state index contributed by atoms with van der Waals surface area (Å²) < 4.78 is 1.10. The first-order valence-corrected chi connectivity index (χ1v) is 9.92. The van der Waals surface area contributed by atoms with Crippen LogP contribution in [0.5, 0.6) is 0 Å². The molecule has 0 aromatic heterocycles. The van der Waals surface area contributed by atoms with Crippen molar-refractivity contribution in [3.05, 3.63) is 70.2 Å². The Bertz CT molecular complexity index is 803. The van der Waals surface area contributed by atoms with E-state index in [1.807, 2.05) is 36.4 Å². The van der Waals surface area contributed by atoms with Gasteiger partial charge >= 0.3 is 0 Å². The molecule has 142 valence electrons. The predicted molar refractivity (Wildman–Crippen MR) is 113 cm³/mol. The second kappa shape index (κ2) is 9.04. The minimum Gasteiger partial charge on any atom is -0.356 e. The van der Waals surface area contributed by atoms with E-state index in [1.165, 1.54) is 5.56 Å². The lowest BCUT2D eigenvalue weighted by Gasteiger charge is -2.19. The molecular weight excluding hydrogens is 404 g/mol. The molecule has 0 heterocycles. The van der Waals surface area contributed by atoms with Crippen molar-refractivity contribution in [2.45, 2.75) is 24.8 Å². The fourth-order valence-electron chi connectivity index (χ4n) is 3.03. The fourth-order valence-corrected chi connectivity index (χ4v) is 3.43. The Morgan fingerprint density at radius 3 is 2.52 bits per heavy atom. The monoisotopic (exact) mass is 428 g/mol. The number of halogens is 1. The van der Waals surface area contributed by atoms with Crippen LogP contribution in [-0.4, -0.2) is 32.0 Å². The first-order valence-electron chi connectivity index (χ1n) is 9.12. The van der Waals surface area contributed by atoms with Crippen LogP contribution in [0.3, 0.4) is 0 Å². The molecule has 27 heavy (non-hydrogen) atoms. The molecule has 0 aliphatic heterocycles. The molecule has 0 spiro atoms. The number of carbonyl (C=O) groups is 1. The average Bonchev–Trinajstić information content (AvgIpc) is 3.48. The maximum Gasteiger partial charge on any atom is 0.239 e. The minimum absolute atomic E-state index is 0.0603. The van der Waals surface area contributed by atoms with Gasteiger partial charge in [-0.2, -0.15) is 0 Å². The van der Waals surface area contributed by atoms with Crippen LogP contribution in [0.15, 0.2) is 64.1 Å². The molecule has 1 amide bonds. The molecule has 1 aliphatic carbocycles. The van der Waals surface area contributed by atoms with Gasteiger partial charge in [-0.1, -0.05) is 58.4 Å². The van der Waals surface area contributed by atoms with Gasteiger partial charge in [0.15, 0.2) is 5.96 Å². The fraction of sp³-hybridized carbons (Fsp3) is 0.333. The number of nitrogens with zero attached hydrogens (tertiary/aromatic N) is 1. The number of hydrogen-bond donors (Lipinski definition) is 3. The van der Waals surface area contributed by atoms with E-state index in [1.54, 1.807) is 7.05 Å². The van der Waals surface area contributed by atoms with Crippen molar-refractivity contribution in [3.8, 4) is 0 Å². The van der Waals surface area contributed by atoms with Crippen LogP contribution in [-0.2, 0) is 16.8 Å². The molecule has 0 unspecified atom stereocenters. The van der Waals surface area contributed by atoms with Crippen molar-refractivity contribution in [2.75, 3.05) is 20.1 Å². The van der Waals surface area contributed by atoms with Gasteiger partial charge in [-0.15, -0.1) is 0 Å². The van der Waals surface area contributed by atoms with Gasteiger partial charge in [0.2, 0.25) is 5.91 Å². The molecule has 2 aromatic rings. The summed E-state index contributed by atoms with van der Waals surface area (Å²) in [7, 11) is 1.72. The van der Waals surface area contributed by atoms with E-state index in [-0.39, 0.29) is 17.9 Å². The first-order chi connectivity index (χ1) is 13.1. The SMILES string of the molecule is CN=C(NCC(=O)NCc1ccccc1)NCC1(c2cccc(Br)c2)CC1. The van der Waals surface area contributed by atoms with Crippen LogP contribution in [0.1, 0.15) is 24.0 Å². The Kier molecular flexibility index (Phi) is 6.50. The highest BCUT2D eigenvalue weighted by molar-refractivity contribution is 9.10. The van der Waals surface area contributed by atoms with Crippen molar-refractivity contribution < 1.29 is 4.79 Å². The van der Waals surface area contributed by atoms with Crippen molar-refractivity contribution in [3.63, 3.8) is 0 Å². The Hall–Kier alpha value is -2.34. The molecule has 3 rings (SSSR count). The highest BCUT2D eigenvalue weighted by Crippen LogP contribution is 2.48.